The molecule has 0 amide bonds. The van der Waals surface area contributed by atoms with Crippen molar-refractivity contribution in [1.29, 1.82) is 0 Å². The number of rotatable bonds is 7. The minimum atomic E-state index is 0.239. The molecule has 0 atom stereocenters. The molecule has 98 valence electrons. The van der Waals surface area contributed by atoms with Crippen LogP contribution in [-0.2, 0) is 6.54 Å². The Hall–Kier alpha value is -1.52. The molecule has 2 rings (SSSR count). The largest absolute Gasteiger partial charge is 0.489 e. The molecule has 0 unspecified atom stereocenters. The van der Waals surface area contributed by atoms with Gasteiger partial charge in [-0.25, -0.2) is 0 Å². The number of fused-ring (bicyclic) bond motifs is 1. The smallest absolute Gasteiger partial charge is 0.169 e. The minimum absolute atomic E-state index is 0.239. The number of hydrogen-bond donors (Lipinski definition) is 2. The first-order valence-corrected chi connectivity index (χ1v) is 6.31. The lowest BCUT2D eigenvalue weighted by molar-refractivity contribution is 0.264. The third-order valence-electron chi connectivity index (χ3n) is 2.85. The zero-order valence-electron chi connectivity index (χ0n) is 10.4. The van der Waals surface area contributed by atoms with Crippen molar-refractivity contribution < 1.29 is 14.3 Å². The number of benzene rings is 1. The summed E-state index contributed by atoms with van der Waals surface area (Å²) < 4.78 is 11.4. The second kappa shape index (κ2) is 6.42. The fourth-order valence-corrected chi connectivity index (χ4v) is 1.93. The molecule has 0 saturated heterocycles. The summed E-state index contributed by atoms with van der Waals surface area (Å²) in [5.41, 5.74) is 6.47. The number of furan rings is 1. The van der Waals surface area contributed by atoms with Crippen molar-refractivity contribution in [2.75, 3.05) is 13.2 Å². The first kappa shape index (κ1) is 12.9. The van der Waals surface area contributed by atoms with Crippen LogP contribution in [0.1, 0.15) is 25.0 Å². The van der Waals surface area contributed by atoms with Crippen LogP contribution in [0.25, 0.3) is 11.0 Å². The molecule has 4 nitrogen and oxygen atoms in total. The molecular weight excluding hydrogens is 230 g/mol. The summed E-state index contributed by atoms with van der Waals surface area (Å²) in [6.07, 6.45) is 2.70. The highest BCUT2D eigenvalue weighted by atomic mass is 16.5. The van der Waals surface area contributed by atoms with E-state index in [2.05, 4.69) is 0 Å². The normalized spacial score (nSPS) is 11.0. The van der Waals surface area contributed by atoms with Crippen LogP contribution in [0.3, 0.4) is 0 Å². The highest BCUT2D eigenvalue weighted by molar-refractivity contribution is 5.85. The van der Waals surface area contributed by atoms with Crippen molar-refractivity contribution in [2.24, 2.45) is 5.73 Å². The van der Waals surface area contributed by atoms with E-state index in [-0.39, 0.29) is 6.61 Å². The summed E-state index contributed by atoms with van der Waals surface area (Å²) in [6, 6.07) is 7.77. The van der Waals surface area contributed by atoms with Gasteiger partial charge < -0.3 is 20.0 Å². The molecule has 0 spiro atoms. The Balaban J connectivity index is 2.06. The Morgan fingerprint density at radius 2 is 2.00 bits per heavy atom. The van der Waals surface area contributed by atoms with Gasteiger partial charge in [0.25, 0.3) is 0 Å². The number of para-hydroxylation sites is 1. The maximum absolute atomic E-state index is 8.70. The number of unbranched alkanes of at least 4 members (excludes halogenated alkanes) is 2. The van der Waals surface area contributed by atoms with Gasteiger partial charge in [0, 0.05) is 6.61 Å². The number of aliphatic hydroxyl groups excluding tert-OH is 1. The van der Waals surface area contributed by atoms with Crippen LogP contribution in [0.15, 0.2) is 28.7 Å². The molecular formula is C14H19NO3. The molecule has 3 N–H and O–H groups in total. The average molecular weight is 249 g/mol. The van der Waals surface area contributed by atoms with Gasteiger partial charge in [-0.2, -0.15) is 0 Å². The SMILES string of the molecule is NCc1oc2ccccc2c1OCCCCCO. The van der Waals surface area contributed by atoms with Crippen LogP contribution in [-0.4, -0.2) is 18.3 Å². The molecule has 18 heavy (non-hydrogen) atoms. The molecule has 1 aromatic heterocycles. The Kier molecular flexibility index (Phi) is 4.61. The van der Waals surface area contributed by atoms with Gasteiger partial charge in [0.15, 0.2) is 11.5 Å². The quantitative estimate of drug-likeness (QED) is 0.739. The zero-order chi connectivity index (χ0) is 12.8. The molecule has 0 aliphatic rings. The lowest BCUT2D eigenvalue weighted by Crippen LogP contribution is -2.02. The van der Waals surface area contributed by atoms with Gasteiger partial charge in [-0.3, -0.25) is 0 Å². The van der Waals surface area contributed by atoms with Gasteiger partial charge in [0.05, 0.1) is 18.5 Å². The lowest BCUT2D eigenvalue weighted by atomic mass is 10.2. The summed E-state index contributed by atoms with van der Waals surface area (Å²) >= 11 is 0. The van der Waals surface area contributed by atoms with E-state index >= 15 is 0 Å². The molecule has 2 aromatic rings. The van der Waals surface area contributed by atoms with Crippen LogP contribution in [0.4, 0.5) is 0 Å². The van der Waals surface area contributed by atoms with E-state index in [0.717, 1.165) is 36.0 Å². The summed E-state index contributed by atoms with van der Waals surface area (Å²) in [4.78, 5) is 0. The number of ether oxygens (including phenoxy) is 1. The summed E-state index contributed by atoms with van der Waals surface area (Å²) in [5.74, 6) is 1.45. The summed E-state index contributed by atoms with van der Waals surface area (Å²) in [5, 5.41) is 9.67. The van der Waals surface area contributed by atoms with Crippen LogP contribution in [0, 0.1) is 0 Å². The molecule has 0 radical (unpaired) electrons. The van der Waals surface area contributed by atoms with E-state index in [1.807, 2.05) is 24.3 Å². The second-order valence-electron chi connectivity index (χ2n) is 4.19. The fraction of sp³-hybridized carbons (Fsp3) is 0.429. The Morgan fingerprint density at radius 3 is 2.78 bits per heavy atom. The van der Waals surface area contributed by atoms with Gasteiger partial charge in [-0.15, -0.1) is 0 Å². The Labute approximate surface area is 106 Å². The zero-order valence-corrected chi connectivity index (χ0v) is 10.4. The van der Waals surface area contributed by atoms with E-state index in [9.17, 15) is 0 Å². The van der Waals surface area contributed by atoms with Crippen LogP contribution < -0.4 is 10.5 Å². The molecule has 0 fully saturated rings. The molecule has 4 heteroatoms. The maximum Gasteiger partial charge on any atom is 0.169 e. The third kappa shape index (κ3) is 2.83. The highest BCUT2D eigenvalue weighted by Crippen LogP contribution is 2.32. The molecule has 0 bridgehead atoms. The van der Waals surface area contributed by atoms with Crippen molar-refractivity contribution in [1.82, 2.24) is 0 Å². The summed E-state index contributed by atoms with van der Waals surface area (Å²) in [7, 11) is 0. The fourth-order valence-electron chi connectivity index (χ4n) is 1.93. The number of aliphatic hydroxyl groups is 1. The number of nitrogens with two attached hydrogens (primary N) is 1. The van der Waals surface area contributed by atoms with Gasteiger partial charge in [-0.1, -0.05) is 12.1 Å². The van der Waals surface area contributed by atoms with Gasteiger partial charge in [-0.05, 0) is 31.4 Å². The van der Waals surface area contributed by atoms with Crippen molar-refractivity contribution in [2.45, 2.75) is 25.8 Å². The Morgan fingerprint density at radius 1 is 1.17 bits per heavy atom. The van der Waals surface area contributed by atoms with Crippen molar-refractivity contribution in [3.8, 4) is 5.75 Å². The number of hydrogen-bond acceptors (Lipinski definition) is 4. The molecule has 1 aromatic carbocycles. The minimum Gasteiger partial charge on any atom is -0.489 e. The van der Waals surface area contributed by atoms with Crippen molar-refractivity contribution in [3.05, 3.63) is 30.0 Å². The van der Waals surface area contributed by atoms with Gasteiger partial charge >= 0.3 is 0 Å². The Bertz CT molecular complexity index is 493. The molecule has 0 aliphatic heterocycles. The van der Waals surface area contributed by atoms with Crippen LogP contribution >= 0.6 is 0 Å². The molecule has 0 aliphatic carbocycles. The standard InChI is InChI=1S/C14H19NO3/c15-10-13-14(17-9-5-1-4-8-16)11-6-2-3-7-12(11)18-13/h2-3,6-7,16H,1,4-5,8-10,15H2. The van der Waals surface area contributed by atoms with Crippen molar-refractivity contribution in [3.63, 3.8) is 0 Å². The third-order valence-corrected chi connectivity index (χ3v) is 2.85. The molecule has 0 saturated carbocycles. The predicted octanol–water partition coefficient (Wildman–Crippen LogP) is 2.43. The predicted molar refractivity (Wildman–Crippen MR) is 70.5 cm³/mol. The molecule has 1 heterocycles. The monoisotopic (exact) mass is 249 g/mol. The van der Waals surface area contributed by atoms with E-state index in [1.165, 1.54) is 0 Å². The van der Waals surface area contributed by atoms with E-state index in [0.29, 0.717) is 18.9 Å². The second-order valence-corrected chi connectivity index (χ2v) is 4.19. The maximum atomic E-state index is 8.70. The van der Waals surface area contributed by atoms with E-state index in [1.54, 1.807) is 0 Å². The lowest BCUT2D eigenvalue weighted by Gasteiger charge is -2.05. The van der Waals surface area contributed by atoms with Crippen LogP contribution in [0.5, 0.6) is 5.75 Å². The topological polar surface area (TPSA) is 68.6 Å². The van der Waals surface area contributed by atoms with E-state index < -0.39 is 0 Å². The van der Waals surface area contributed by atoms with E-state index in [4.69, 9.17) is 20.0 Å². The van der Waals surface area contributed by atoms with Crippen LogP contribution in [0.2, 0.25) is 0 Å². The van der Waals surface area contributed by atoms with Gasteiger partial charge in [0.2, 0.25) is 0 Å². The van der Waals surface area contributed by atoms with Crippen molar-refractivity contribution >= 4 is 11.0 Å². The average Bonchev–Trinajstić information content (AvgIpc) is 2.77. The first-order chi connectivity index (χ1) is 8.86. The summed E-state index contributed by atoms with van der Waals surface area (Å²) in [6.45, 7) is 1.19. The first-order valence-electron chi connectivity index (χ1n) is 6.31. The highest BCUT2D eigenvalue weighted by Gasteiger charge is 2.13. The van der Waals surface area contributed by atoms with Gasteiger partial charge in [0.1, 0.15) is 5.58 Å².